The number of guanidine groups is 1. The van der Waals surface area contributed by atoms with Gasteiger partial charge in [0.2, 0.25) is 5.91 Å². The smallest absolute Gasteiger partial charge is 0.222 e. The molecule has 0 aliphatic carbocycles. The van der Waals surface area contributed by atoms with Crippen molar-refractivity contribution in [2.75, 3.05) is 19.6 Å². The second-order valence-corrected chi connectivity index (χ2v) is 6.83. The highest BCUT2D eigenvalue weighted by molar-refractivity contribution is 14.0. The number of hydrogen-bond acceptors (Lipinski definition) is 3. The van der Waals surface area contributed by atoms with Crippen molar-refractivity contribution >= 4 is 35.8 Å². The van der Waals surface area contributed by atoms with Gasteiger partial charge in [0.1, 0.15) is 5.75 Å². The first-order valence-corrected chi connectivity index (χ1v) is 9.60. The number of halogens is 1. The molecule has 1 fully saturated rings. The Morgan fingerprint density at radius 1 is 1.37 bits per heavy atom. The summed E-state index contributed by atoms with van der Waals surface area (Å²) in [5, 5.41) is 6.75. The maximum Gasteiger partial charge on any atom is 0.222 e. The Balaban J connectivity index is 0.00000364. The van der Waals surface area contributed by atoms with Crippen LogP contribution in [0.15, 0.2) is 29.3 Å². The predicted molar refractivity (Wildman–Crippen MR) is 121 cm³/mol. The van der Waals surface area contributed by atoms with Gasteiger partial charge in [-0.1, -0.05) is 19.1 Å². The number of hydrogen-bond donors (Lipinski definition) is 2. The molecule has 1 unspecified atom stereocenters. The molecule has 2 rings (SSSR count). The highest BCUT2D eigenvalue weighted by Crippen LogP contribution is 2.16. The van der Waals surface area contributed by atoms with Gasteiger partial charge in [0.15, 0.2) is 5.96 Å². The SMILES string of the molecule is CCNC(=NCc1cccc(OC(C)C)c1)NC1CCN(C(=O)CC)C1.I. The molecule has 1 aromatic carbocycles. The maximum atomic E-state index is 11.8. The molecule has 2 N–H and O–H groups in total. The fourth-order valence-electron chi connectivity index (χ4n) is 3.00. The van der Waals surface area contributed by atoms with Gasteiger partial charge in [0.25, 0.3) is 0 Å². The van der Waals surface area contributed by atoms with Gasteiger partial charge in [-0.3, -0.25) is 4.79 Å². The van der Waals surface area contributed by atoms with E-state index in [2.05, 4.69) is 23.6 Å². The number of likely N-dealkylation sites (tertiary alicyclic amines) is 1. The summed E-state index contributed by atoms with van der Waals surface area (Å²) in [7, 11) is 0. The van der Waals surface area contributed by atoms with Gasteiger partial charge in [-0.05, 0) is 44.9 Å². The lowest BCUT2D eigenvalue weighted by Gasteiger charge is -2.18. The fraction of sp³-hybridized carbons (Fsp3) is 0.600. The summed E-state index contributed by atoms with van der Waals surface area (Å²) in [5.74, 6) is 1.88. The van der Waals surface area contributed by atoms with Crippen molar-refractivity contribution in [3.05, 3.63) is 29.8 Å². The van der Waals surface area contributed by atoms with Gasteiger partial charge in [0.05, 0.1) is 12.6 Å². The number of benzene rings is 1. The number of nitrogens with zero attached hydrogens (tertiary/aromatic N) is 2. The van der Waals surface area contributed by atoms with Crippen molar-refractivity contribution in [1.82, 2.24) is 15.5 Å². The van der Waals surface area contributed by atoms with Gasteiger partial charge < -0.3 is 20.3 Å². The van der Waals surface area contributed by atoms with Crippen molar-refractivity contribution in [1.29, 1.82) is 0 Å². The Labute approximate surface area is 180 Å². The number of ether oxygens (including phenoxy) is 1. The molecule has 0 saturated carbocycles. The van der Waals surface area contributed by atoms with Crippen LogP contribution in [0.3, 0.4) is 0 Å². The quantitative estimate of drug-likeness (QED) is 0.352. The minimum absolute atomic E-state index is 0. The first-order chi connectivity index (χ1) is 12.5. The summed E-state index contributed by atoms with van der Waals surface area (Å²) < 4.78 is 5.74. The molecular weight excluding hydrogens is 455 g/mol. The Hall–Kier alpha value is -1.51. The Kier molecular flexibility index (Phi) is 10.5. The molecule has 1 atom stereocenters. The number of carbonyl (C=O) groups is 1. The van der Waals surface area contributed by atoms with E-state index in [1.807, 2.05) is 43.9 Å². The van der Waals surface area contributed by atoms with Crippen LogP contribution < -0.4 is 15.4 Å². The molecule has 0 spiro atoms. The van der Waals surface area contributed by atoms with Crippen LogP contribution in [0.1, 0.15) is 46.1 Å². The van der Waals surface area contributed by atoms with Crippen LogP contribution in [-0.2, 0) is 11.3 Å². The molecule has 1 saturated heterocycles. The topological polar surface area (TPSA) is 66.0 Å². The largest absolute Gasteiger partial charge is 0.491 e. The minimum Gasteiger partial charge on any atom is -0.491 e. The lowest BCUT2D eigenvalue weighted by atomic mass is 10.2. The Morgan fingerprint density at radius 2 is 2.15 bits per heavy atom. The summed E-state index contributed by atoms with van der Waals surface area (Å²) in [5.41, 5.74) is 1.11. The van der Waals surface area contributed by atoms with Crippen molar-refractivity contribution in [2.45, 2.75) is 59.2 Å². The van der Waals surface area contributed by atoms with Gasteiger partial charge in [-0.25, -0.2) is 4.99 Å². The maximum absolute atomic E-state index is 11.8. The number of amides is 1. The highest BCUT2D eigenvalue weighted by atomic mass is 127. The lowest BCUT2D eigenvalue weighted by molar-refractivity contribution is -0.129. The van der Waals surface area contributed by atoms with E-state index in [1.165, 1.54) is 0 Å². The van der Waals surface area contributed by atoms with E-state index in [0.29, 0.717) is 13.0 Å². The molecule has 0 bridgehead atoms. The Morgan fingerprint density at radius 3 is 2.81 bits per heavy atom. The van der Waals surface area contributed by atoms with Gasteiger partial charge in [0, 0.05) is 32.1 Å². The number of aliphatic imine (C=N–C) groups is 1. The van der Waals surface area contributed by atoms with Crippen molar-refractivity contribution < 1.29 is 9.53 Å². The zero-order valence-corrected chi connectivity index (χ0v) is 19.2. The third kappa shape index (κ3) is 7.94. The molecule has 1 aliphatic rings. The molecule has 6 nitrogen and oxygen atoms in total. The lowest BCUT2D eigenvalue weighted by Crippen LogP contribution is -2.45. The van der Waals surface area contributed by atoms with Crippen LogP contribution >= 0.6 is 24.0 Å². The molecule has 1 heterocycles. The average Bonchev–Trinajstić information content (AvgIpc) is 3.07. The second-order valence-electron chi connectivity index (χ2n) is 6.83. The van der Waals surface area contributed by atoms with Crippen LogP contribution in [0, 0.1) is 0 Å². The zero-order valence-electron chi connectivity index (χ0n) is 16.8. The molecule has 1 aliphatic heterocycles. The summed E-state index contributed by atoms with van der Waals surface area (Å²) in [6.45, 7) is 10.9. The summed E-state index contributed by atoms with van der Waals surface area (Å²) in [4.78, 5) is 18.4. The van der Waals surface area contributed by atoms with Gasteiger partial charge in [-0.2, -0.15) is 0 Å². The zero-order chi connectivity index (χ0) is 18.9. The minimum atomic E-state index is 0. The molecule has 7 heteroatoms. The van der Waals surface area contributed by atoms with E-state index in [4.69, 9.17) is 9.73 Å². The van der Waals surface area contributed by atoms with Crippen LogP contribution in [0.4, 0.5) is 0 Å². The summed E-state index contributed by atoms with van der Waals surface area (Å²) >= 11 is 0. The van der Waals surface area contributed by atoms with E-state index in [0.717, 1.165) is 43.3 Å². The standard InChI is InChI=1S/C20H32N4O2.HI/c1-5-19(25)24-11-10-17(14-24)23-20(21-6-2)22-13-16-8-7-9-18(12-16)26-15(3)4;/h7-9,12,15,17H,5-6,10-11,13-14H2,1-4H3,(H2,21,22,23);1H. The average molecular weight is 488 g/mol. The summed E-state index contributed by atoms with van der Waals surface area (Å²) in [6.07, 6.45) is 1.67. The number of rotatable bonds is 7. The van der Waals surface area contributed by atoms with E-state index in [1.54, 1.807) is 0 Å². The van der Waals surface area contributed by atoms with Crippen LogP contribution in [0.2, 0.25) is 0 Å². The highest BCUT2D eigenvalue weighted by Gasteiger charge is 2.25. The van der Waals surface area contributed by atoms with Crippen LogP contribution in [-0.4, -0.2) is 48.5 Å². The van der Waals surface area contributed by atoms with Crippen molar-refractivity contribution in [2.24, 2.45) is 4.99 Å². The number of carbonyl (C=O) groups excluding carboxylic acids is 1. The monoisotopic (exact) mass is 488 g/mol. The van der Waals surface area contributed by atoms with E-state index in [9.17, 15) is 4.79 Å². The van der Waals surface area contributed by atoms with Crippen molar-refractivity contribution in [3.63, 3.8) is 0 Å². The normalized spacial score (nSPS) is 16.9. The van der Waals surface area contributed by atoms with E-state index >= 15 is 0 Å². The molecule has 152 valence electrons. The third-order valence-electron chi connectivity index (χ3n) is 4.22. The van der Waals surface area contributed by atoms with E-state index < -0.39 is 0 Å². The van der Waals surface area contributed by atoms with Crippen molar-refractivity contribution in [3.8, 4) is 5.75 Å². The van der Waals surface area contributed by atoms with Crippen LogP contribution in [0.5, 0.6) is 5.75 Å². The molecule has 1 amide bonds. The molecule has 1 aromatic rings. The van der Waals surface area contributed by atoms with Gasteiger partial charge >= 0.3 is 0 Å². The second kappa shape index (κ2) is 12.0. The van der Waals surface area contributed by atoms with E-state index in [-0.39, 0.29) is 42.0 Å². The molecular formula is C20H33IN4O2. The number of nitrogens with one attached hydrogen (secondary N) is 2. The molecule has 0 radical (unpaired) electrons. The first-order valence-electron chi connectivity index (χ1n) is 9.60. The first kappa shape index (κ1) is 23.5. The third-order valence-corrected chi connectivity index (χ3v) is 4.22. The fourth-order valence-corrected chi connectivity index (χ4v) is 3.00. The molecule has 27 heavy (non-hydrogen) atoms. The summed E-state index contributed by atoms with van der Waals surface area (Å²) in [6, 6.07) is 8.30. The van der Waals surface area contributed by atoms with Gasteiger partial charge in [-0.15, -0.1) is 24.0 Å². The predicted octanol–water partition coefficient (Wildman–Crippen LogP) is 3.16. The molecule has 0 aromatic heterocycles. The Bertz CT molecular complexity index is 622. The van der Waals surface area contributed by atoms with Crippen LogP contribution in [0.25, 0.3) is 0 Å².